The third kappa shape index (κ3) is 3.10. The maximum Gasteiger partial charge on any atom is 0.0940 e. The molecule has 0 radical (unpaired) electrons. The standard InChI is InChI=1S/C17H22N2S/c1-12-11-20-17(19-12)8-9-18-13(2)15-7-6-14-4-3-5-16(14)10-15/h6-7,10-11,13,18H,3-5,8-9H2,1-2H3. The van der Waals surface area contributed by atoms with Crippen LogP contribution in [0, 0.1) is 6.92 Å². The van der Waals surface area contributed by atoms with E-state index in [9.17, 15) is 0 Å². The summed E-state index contributed by atoms with van der Waals surface area (Å²) in [5.74, 6) is 0. The molecule has 2 nitrogen and oxygen atoms in total. The van der Waals surface area contributed by atoms with Gasteiger partial charge in [0.1, 0.15) is 0 Å². The maximum absolute atomic E-state index is 4.51. The summed E-state index contributed by atoms with van der Waals surface area (Å²) in [6.45, 7) is 5.30. The zero-order valence-electron chi connectivity index (χ0n) is 12.3. The summed E-state index contributed by atoms with van der Waals surface area (Å²) in [6.07, 6.45) is 4.87. The Labute approximate surface area is 125 Å². The number of thiazole rings is 1. The molecule has 3 rings (SSSR count). The third-order valence-electron chi connectivity index (χ3n) is 4.08. The Morgan fingerprint density at radius 1 is 1.30 bits per heavy atom. The first-order valence-electron chi connectivity index (χ1n) is 7.48. The summed E-state index contributed by atoms with van der Waals surface area (Å²) >= 11 is 1.76. The quantitative estimate of drug-likeness (QED) is 0.903. The number of aromatic nitrogens is 1. The normalized spacial score (nSPS) is 15.3. The number of fused-ring (bicyclic) bond motifs is 1. The van der Waals surface area contributed by atoms with Crippen LogP contribution < -0.4 is 5.32 Å². The summed E-state index contributed by atoms with van der Waals surface area (Å²) < 4.78 is 0. The first-order valence-corrected chi connectivity index (χ1v) is 8.36. The van der Waals surface area contributed by atoms with Crippen molar-refractivity contribution >= 4 is 11.3 Å². The molecular formula is C17H22N2S. The zero-order chi connectivity index (χ0) is 13.9. The highest BCUT2D eigenvalue weighted by Gasteiger charge is 2.13. The van der Waals surface area contributed by atoms with Crippen LogP contribution in [0.5, 0.6) is 0 Å². The van der Waals surface area contributed by atoms with E-state index in [-0.39, 0.29) is 0 Å². The lowest BCUT2D eigenvalue weighted by Gasteiger charge is -2.15. The van der Waals surface area contributed by atoms with Crippen molar-refractivity contribution in [1.82, 2.24) is 10.3 Å². The molecule has 0 aliphatic heterocycles. The second-order valence-corrected chi connectivity index (χ2v) is 6.63. The van der Waals surface area contributed by atoms with Gasteiger partial charge < -0.3 is 5.32 Å². The molecule has 0 saturated heterocycles. The van der Waals surface area contributed by atoms with Crippen molar-refractivity contribution in [3.63, 3.8) is 0 Å². The third-order valence-corrected chi connectivity index (χ3v) is 5.10. The van der Waals surface area contributed by atoms with Crippen LogP contribution in [-0.4, -0.2) is 11.5 Å². The SMILES string of the molecule is Cc1csc(CCNC(C)c2ccc3c(c2)CCC3)n1. The van der Waals surface area contributed by atoms with Crippen LogP contribution in [0.1, 0.15) is 46.8 Å². The fourth-order valence-corrected chi connectivity index (χ4v) is 3.67. The first kappa shape index (κ1) is 13.8. The van der Waals surface area contributed by atoms with E-state index in [1.165, 1.54) is 29.8 Å². The van der Waals surface area contributed by atoms with Crippen molar-refractivity contribution in [3.8, 4) is 0 Å². The van der Waals surface area contributed by atoms with Gasteiger partial charge in [-0.05, 0) is 49.8 Å². The molecule has 0 bridgehead atoms. The molecule has 1 aromatic carbocycles. The van der Waals surface area contributed by atoms with Crippen LogP contribution in [0.25, 0.3) is 0 Å². The minimum Gasteiger partial charge on any atom is -0.310 e. The van der Waals surface area contributed by atoms with Crippen molar-refractivity contribution < 1.29 is 0 Å². The van der Waals surface area contributed by atoms with E-state index >= 15 is 0 Å². The highest BCUT2D eigenvalue weighted by Crippen LogP contribution is 2.25. The predicted octanol–water partition coefficient (Wildman–Crippen LogP) is 3.83. The molecule has 20 heavy (non-hydrogen) atoms. The van der Waals surface area contributed by atoms with E-state index in [0.29, 0.717) is 6.04 Å². The Morgan fingerprint density at radius 3 is 2.95 bits per heavy atom. The van der Waals surface area contributed by atoms with Crippen LogP contribution in [0.15, 0.2) is 23.6 Å². The van der Waals surface area contributed by atoms with Gasteiger partial charge in [-0.2, -0.15) is 0 Å². The number of hydrogen-bond acceptors (Lipinski definition) is 3. The molecule has 106 valence electrons. The first-order chi connectivity index (χ1) is 9.72. The van der Waals surface area contributed by atoms with Crippen molar-refractivity contribution in [3.05, 3.63) is 51.0 Å². The summed E-state index contributed by atoms with van der Waals surface area (Å²) in [5, 5.41) is 6.97. The molecule has 1 aliphatic carbocycles. The Bertz CT molecular complexity index is 588. The van der Waals surface area contributed by atoms with Gasteiger partial charge in [-0.3, -0.25) is 0 Å². The summed E-state index contributed by atoms with van der Waals surface area (Å²) in [5.41, 5.74) is 5.67. The molecule has 1 heterocycles. The molecule has 1 atom stereocenters. The average molecular weight is 286 g/mol. The van der Waals surface area contributed by atoms with Gasteiger partial charge in [0.15, 0.2) is 0 Å². The number of nitrogens with zero attached hydrogens (tertiary/aromatic N) is 1. The predicted molar refractivity (Wildman–Crippen MR) is 85.4 cm³/mol. The van der Waals surface area contributed by atoms with Crippen molar-refractivity contribution in [2.75, 3.05) is 6.54 Å². The molecule has 3 heteroatoms. The Morgan fingerprint density at radius 2 is 2.15 bits per heavy atom. The molecule has 1 unspecified atom stereocenters. The lowest BCUT2D eigenvalue weighted by atomic mass is 10.0. The number of aryl methyl sites for hydroxylation is 3. The van der Waals surface area contributed by atoms with Gasteiger partial charge in [0, 0.05) is 30.1 Å². The average Bonchev–Trinajstić information content (AvgIpc) is 3.06. The maximum atomic E-state index is 4.51. The smallest absolute Gasteiger partial charge is 0.0940 e. The molecular weight excluding hydrogens is 264 g/mol. The minimum absolute atomic E-state index is 0.418. The van der Waals surface area contributed by atoms with Crippen LogP contribution in [-0.2, 0) is 19.3 Å². The minimum atomic E-state index is 0.418. The Kier molecular flexibility index (Phi) is 4.18. The fourth-order valence-electron chi connectivity index (χ4n) is 2.89. The second kappa shape index (κ2) is 6.06. The number of hydrogen-bond donors (Lipinski definition) is 1. The zero-order valence-corrected chi connectivity index (χ0v) is 13.1. The monoisotopic (exact) mass is 286 g/mol. The highest BCUT2D eigenvalue weighted by molar-refractivity contribution is 7.09. The van der Waals surface area contributed by atoms with Gasteiger partial charge in [-0.15, -0.1) is 11.3 Å². The number of rotatable bonds is 5. The van der Waals surface area contributed by atoms with Gasteiger partial charge >= 0.3 is 0 Å². The van der Waals surface area contributed by atoms with Gasteiger partial charge in [0.2, 0.25) is 0 Å². The largest absolute Gasteiger partial charge is 0.310 e. The van der Waals surface area contributed by atoms with E-state index in [2.05, 4.69) is 47.7 Å². The molecule has 0 saturated carbocycles. The van der Waals surface area contributed by atoms with Crippen molar-refractivity contribution in [2.24, 2.45) is 0 Å². The lowest BCUT2D eigenvalue weighted by Crippen LogP contribution is -2.21. The molecule has 0 fully saturated rings. The van der Waals surface area contributed by atoms with Gasteiger partial charge in [-0.25, -0.2) is 4.98 Å². The molecule has 1 aromatic heterocycles. The summed E-state index contributed by atoms with van der Waals surface area (Å²) in [4.78, 5) is 4.51. The van der Waals surface area contributed by atoms with Crippen LogP contribution in [0.4, 0.5) is 0 Å². The Balaban J connectivity index is 1.55. The van der Waals surface area contributed by atoms with Crippen LogP contribution in [0.2, 0.25) is 0 Å². The molecule has 2 aromatic rings. The number of benzene rings is 1. The second-order valence-electron chi connectivity index (χ2n) is 5.69. The van der Waals surface area contributed by atoms with Gasteiger partial charge in [0.25, 0.3) is 0 Å². The van der Waals surface area contributed by atoms with Crippen molar-refractivity contribution in [2.45, 2.75) is 45.6 Å². The van der Waals surface area contributed by atoms with E-state index in [1.54, 1.807) is 22.5 Å². The van der Waals surface area contributed by atoms with E-state index < -0.39 is 0 Å². The molecule has 0 amide bonds. The summed E-state index contributed by atoms with van der Waals surface area (Å²) in [6, 6.07) is 7.42. The van der Waals surface area contributed by atoms with Crippen LogP contribution in [0.3, 0.4) is 0 Å². The molecule has 1 N–H and O–H groups in total. The lowest BCUT2D eigenvalue weighted by molar-refractivity contribution is 0.575. The van der Waals surface area contributed by atoms with Gasteiger partial charge in [-0.1, -0.05) is 18.2 Å². The highest BCUT2D eigenvalue weighted by atomic mass is 32.1. The van der Waals surface area contributed by atoms with Crippen LogP contribution >= 0.6 is 11.3 Å². The topological polar surface area (TPSA) is 24.9 Å². The fraction of sp³-hybridized carbons (Fsp3) is 0.471. The van der Waals surface area contributed by atoms with Crippen molar-refractivity contribution in [1.29, 1.82) is 0 Å². The molecule has 0 spiro atoms. The van der Waals surface area contributed by atoms with E-state index in [0.717, 1.165) is 18.7 Å². The summed E-state index contributed by atoms with van der Waals surface area (Å²) in [7, 11) is 0. The number of nitrogens with one attached hydrogen (secondary N) is 1. The Hall–Kier alpha value is -1.19. The van der Waals surface area contributed by atoms with Gasteiger partial charge in [0.05, 0.1) is 5.01 Å². The van der Waals surface area contributed by atoms with E-state index in [4.69, 9.17) is 0 Å². The molecule has 1 aliphatic rings. The van der Waals surface area contributed by atoms with E-state index in [1.807, 2.05) is 0 Å².